The van der Waals surface area contributed by atoms with Gasteiger partial charge in [0.05, 0.1) is 16.8 Å². The van der Waals surface area contributed by atoms with Crippen LogP contribution >= 0.6 is 0 Å². The Morgan fingerprint density at radius 2 is 1.81 bits per heavy atom. The smallest absolute Gasteiger partial charge is 0.262 e. The van der Waals surface area contributed by atoms with Crippen LogP contribution in [0.2, 0.25) is 0 Å². The molecule has 7 heteroatoms. The molecule has 1 unspecified atom stereocenters. The first kappa shape index (κ1) is 18.8. The minimum absolute atomic E-state index is 0.142. The van der Waals surface area contributed by atoms with Gasteiger partial charge in [-0.2, -0.15) is 0 Å². The summed E-state index contributed by atoms with van der Waals surface area (Å²) in [5.41, 5.74) is 1.44. The second kappa shape index (κ2) is 7.73. The second-order valence-corrected chi connectivity index (χ2v) is 7.14. The monoisotopic (exact) mass is 369 g/mol. The third-order valence-corrected chi connectivity index (χ3v) is 4.49. The van der Waals surface area contributed by atoms with Gasteiger partial charge in [0.15, 0.2) is 0 Å². The minimum Gasteiger partial charge on any atom is -0.361 e. The molecular weight excluding hydrogens is 346 g/mol. The highest BCUT2D eigenvalue weighted by molar-refractivity contribution is 6.22. The topological polar surface area (TPSA) is 92.5 Å². The first-order chi connectivity index (χ1) is 12.9. The molecule has 0 spiro atoms. The van der Waals surface area contributed by atoms with Gasteiger partial charge < -0.3 is 9.84 Å². The quantitative estimate of drug-likeness (QED) is 0.756. The largest absolute Gasteiger partial charge is 0.361 e. The zero-order valence-corrected chi connectivity index (χ0v) is 15.7. The lowest BCUT2D eigenvalue weighted by Crippen LogP contribution is -2.50. The molecule has 0 fully saturated rings. The Kier molecular flexibility index (Phi) is 5.39. The van der Waals surface area contributed by atoms with E-state index in [0.717, 1.165) is 10.6 Å². The normalized spacial score (nSPS) is 14.6. The first-order valence-corrected chi connectivity index (χ1v) is 9.05. The van der Waals surface area contributed by atoms with Crippen molar-refractivity contribution in [2.45, 2.75) is 39.7 Å². The van der Waals surface area contributed by atoms with Crippen LogP contribution in [-0.2, 0) is 11.2 Å². The van der Waals surface area contributed by atoms with Crippen LogP contribution in [0.1, 0.15) is 52.4 Å². The molecule has 0 saturated heterocycles. The first-order valence-electron chi connectivity index (χ1n) is 9.05. The van der Waals surface area contributed by atoms with Crippen molar-refractivity contribution in [2.24, 2.45) is 5.92 Å². The van der Waals surface area contributed by atoms with E-state index in [0.29, 0.717) is 36.3 Å². The van der Waals surface area contributed by atoms with E-state index in [1.807, 2.05) is 19.9 Å². The Morgan fingerprint density at radius 1 is 1.19 bits per heavy atom. The highest BCUT2D eigenvalue weighted by atomic mass is 16.5. The van der Waals surface area contributed by atoms with Crippen LogP contribution in [0.4, 0.5) is 0 Å². The zero-order valence-electron chi connectivity index (χ0n) is 15.7. The number of hydrogen-bond donors (Lipinski definition) is 1. The molecule has 1 N–H and O–H groups in total. The highest BCUT2D eigenvalue weighted by Gasteiger charge is 2.42. The Labute approximate surface area is 157 Å². The number of imide groups is 1. The van der Waals surface area contributed by atoms with Crippen molar-refractivity contribution in [3.8, 4) is 0 Å². The molecule has 3 amide bonds. The number of benzene rings is 1. The van der Waals surface area contributed by atoms with Gasteiger partial charge in [-0.15, -0.1) is 0 Å². The summed E-state index contributed by atoms with van der Waals surface area (Å²) in [6.07, 6.45) is 0.917. The minimum atomic E-state index is -0.837. The molecule has 0 saturated carbocycles. The van der Waals surface area contributed by atoms with Gasteiger partial charge in [-0.05, 0) is 31.4 Å². The lowest BCUT2D eigenvalue weighted by molar-refractivity contribution is -0.125. The summed E-state index contributed by atoms with van der Waals surface area (Å²) < 4.78 is 5.01. The third kappa shape index (κ3) is 3.92. The number of carbonyl (C=O) groups excluding carboxylic acids is 3. The summed E-state index contributed by atoms with van der Waals surface area (Å²) in [6, 6.07) is 7.63. The Hall–Kier alpha value is -2.96. The lowest BCUT2D eigenvalue weighted by Gasteiger charge is -2.26. The maximum absolute atomic E-state index is 12.8. The summed E-state index contributed by atoms with van der Waals surface area (Å²) in [7, 11) is 0. The average molecular weight is 369 g/mol. The van der Waals surface area contributed by atoms with Crippen molar-refractivity contribution in [1.29, 1.82) is 0 Å². The van der Waals surface area contributed by atoms with E-state index >= 15 is 0 Å². The van der Waals surface area contributed by atoms with Gasteiger partial charge in [-0.3, -0.25) is 19.3 Å². The summed E-state index contributed by atoms with van der Waals surface area (Å²) in [6.45, 7) is 6.06. The molecule has 1 aromatic heterocycles. The number of fused-ring (bicyclic) bond motifs is 1. The predicted molar refractivity (Wildman–Crippen MR) is 98.1 cm³/mol. The Balaban J connectivity index is 1.73. The van der Waals surface area contributed by atoms with E-state index < -0.39 is 17.9 Å². The van der Waals surface area contributed by atoms with Crippen LogP contribution in [0.5, 0.6) is 0 Å². The van der Waals surface area contributed by atoms with E-state index in [9.17, 15) is 14.4 Å². The van der Waals surface area contributed by atoms with Gasteiger partial charge in [0.25, 0.3) is 11.8 Å². The Bertz CT molecular complexity index is 837. The van der Waals surface area contributed by atoms with E-state index in [1.54, 1.807) is 31.2 Å². The van der Waals surface area contributed by atoms with Crippen molar-refractivity contribution in [3.05, 3.63) is 52.9 Å². The van der Waals surface area contributed by atoms with Crippen LogP contribution in [0.15, 0.2) is 34.9 Å². The molecule has 1 aliphatic rings. The van der Waals surface area contributed by atoms with Crippen LogP contribution in [-0.4, -0.2) is 40.4 Å². The molecule has 1 aromatic carbocycles. The molecule has 142 valence electrons. The molecule has 0 bridgehead atoms. The lowest BCUT2D eigenvalue weighted by atomic mass is 10.0. The fourth-order valence-corrected chi connectivity index (χ4v) is 3.23. The number of hydrogen-bond acceptors (Lipinski definition) is 5. The second-order valence-electron chi connectivity index (χ2n) is 7.14. The molecule has 2 aromatic rings. The van der Waals surface area contributed by atoms with Gasteiger partial charge in [-0.25, -0.2) is 0 Å². The summed E-state index contributed by atoms with van der Waals surface area (Å²) in [4.78, 5) is 39.4. The van der Waals surface area contributed by atoms with Crippen LogP contribution in [0, 0.1) is 12.8 Å². The molecule has 0 aliphatic carbocycles. The van der Waals surface area contributed by atoms with Crippen molar-refractivity contribution in [1.82, 2.24) is 15.4 Å². The summed E-state index contributed by atoms with van der Waals surface area (Å²) >= 11 is 0. The summed E-state index contributed by atoms with van der Waals surface area (Å²) in [5.74, 6) is -0.311. The number of nitrogens with zero attached hydrogens (tertiary/aromatic N) is 2. The molecule has 1 aliphatic heterocycles. The average Bonchev–Trinajstić information content (AvgIpc) is 3.15. The van der Waals surface area contributed by atoms with Gasteiger partial charge in [0.1, 0.15) is 11.8 Å². The third-order valence-electron chi connectivity index (χ3n) is 4.49. The fourth-order valence-electron chi connectivity index (χ4n) is 3.23. The standard InChI is InChI=1S/C20H23N3O4/c1-12(2)10-17(18(24)21-9-8-14-11-13(3)27-22-14)23-19(25)15-6-4-5-7-16(15)20(23)26/h4-7,11-12,17H,8-10H2,1-3H3,(H,21,24). The van der Waals surface area contributed by atoms with Crippen molar-refractivity contribution in [3.63, 3.8) is 0 Å². The molecule has 3 rings (SSSR count). The van der Waals surface area contributed by atoms with E-state index in [-0.39, 0.29) is 11.8 Å². The molecule has 2 heterocycles. The van der Waals surface area contributed by atoms with Crippen LogP contribution in [0.25, 0.3) is 0 Å². The zero-order chi connectivity index (χ0) is 19.6. The number of carbonyl (C=O) groups is 3. The van der Waals surface area contributed by atoms with Crippen LogP contribution in [0.3, 0.4) is 0 Å². The van der Waals surface area contributed by atoms with Gasteiger partial charge in [0, 0.05) is 19.0 Å². The van der Waals surface area contributed by atoms with E-state index in [1.165, 1.54) is 0 Å². The molecule has 7 nitrogen and oxygen atoms in total. The van der Waals surface area contributed by atoms with Gasteiger partial charge in [0.2, 0.25) is 5.91 Å². The van der Waals surface area contributed by atoms with E-state index in [2.05, 4.69) is 10.5 Å². The Morgan fingerprint density at radius 3 is 2.33 bits per heavy atom. The van der Waals surface area contributed by atoms with Crippen LogP contribution < -0.4 is 5.32 Å². The SMILES string of the molecule is Cc1cc(CCNC(=O)C(CC(C)C)N2C(=O)c3ccccc3C2=O)no1. The molecular formula is C20H23N3O4. The number of aryl methyl sites for hydroxylation is 1. The maximum Gasteiger partial charge on any atom is 0.262 e. The predicted octanol–water partition coefficient (Wildman–Crippen LogP) is 2.35. The number of nitrogens with one attached hydrogen (secondary N) is 1. The maximum atomic E-state index is 12.8. The summed E-state index contributed by atoms with van der Waals surface area (Å²) in [5, 5.41) is 6.71. The van der Waals surface area contributed by atoms with E-state index in [4.69, 9.17) is 4.52 Å². The number of amides is 3. The van der Waals surface area contributed by atoms with Crippen molar-refractivity contribution >= 4 is 17.7 Å². The van der Waals surface area contributed by atoms with Gasteiger partial charge >= 0.3 is 0 Å². The molecule has 1 atom stereocenters. The number of aromatic nitrogens is 1. The molecule has 27 heavy (non-hydrogen) atoms. The fraction of sp³-hybridized carbons (Fsp3) is 0.400. The van der Waals surface area contributed by atoms with Crippen molar-refractivity contribution in [2.75, 3.05) is 6.54 Å². The molecule has 0 radical (unpaired) electrons. The van der Waals surface area contributed by atoms with Crippen molar-refractivity contribution < 1.29 is 18.9 Å². The van der Waals surface area contributed by atoms with Gasteiger partial charge in [-0.1, -0.05) is 31.1 Å². The highest BCUT2D eigenvalue weighted by Crippen LogP contribution is 2.27. The number of rotatable bonds is 7.